The minimum absolute atomic E-state index is 0.0367. The van der Waals surface area contributed by atoms with Gasteiger partial charge in [-0.1, -0.05) is 30.0 Å². The van der Waals surface area contributed by atoms with Crippen molar-refractivity contribution in [3.8, 4) is 0 Å². The summed E-state index contributed by atoms with van der Waals surface area (Å²) < 4.78 is 18.7. The first kappa shape index (κ1) is 12.1. The van der Waals surface area contributed by atoms with Crippen molar-refractivity contribution in [3.63, 3.8) is 0 Å². The maximum Gasteiger partial charge on any atom is 0.277 e. The molecule has 6 heteroatoms. The smallest absolute Gasteiger partial charge is 0.277 e. The minimum Gasteiger partial charge on any atom is -0.410 e. The highest BCUT2D eigenvalue weighted by molar-refractivity contribution is 7.98. The number of hydrogen-bond donors (Lipinski definition) is 1. The molecule has 0 saturated heterocycles. The Kier molecular flexibility index (Phi) is 3.75. The van der Waals surface area contributed by atoms with E-state index in [-0.39, 0.29) is 11.9 Å². The van der Waals surface area contributed by atoms with Crippen LogP contribution in [0.4, 0.5) is 4.39 Å². The number of benzene rings is 1. The van der Waals surface area contributed by atoms with E-state index < -0.39 is 0 Å². The summed E-state index contributed by atoms with van der Waals surface area (Å²) in [5, 5.41) is 8.17. The van der Waals surface area contributed by atoms with Crippen molar-refractivity contribution < 1.29 is 14.5 Å². The molecule has 0 radical (unpaired) electrons. The van der Waals surface area contributed by atoms with Crippen molar-refractivity contribution in [1.29, 1.82) is 0 Å². The average molecular weight is 254 g/mol. The van der Waals surface area contributed by atoms with Gasteiger partial charge in [0.15, 0.2) is 6.04 Å². The lowest BCUT2D eigenvalue weighted by Gasteiger charge is -1.99. The van der Waals surface area contributed by atoms with Crippen LogP contribution in [0.25, 0.3) is 0 Å². The van der Waals surface area contributed by atoms with Gasteiger partial charge in [0.05, 0.1) is 0 Å². The SMILES string of the molecule is C[C@H]([NH3+])c1nnc(SCc2ccccc2F)o1. The average Bonchev–Trinajstić information content (AvgIpc) is 2.77. The zero-order chi connectivity index (χ0) is 12.3. The maximum absolute atomic E-state index is 13.3. The van der Waals surface area contributed by atoms with Crippen LogP contribution in [-0.2, 0) is 5.75 Å². The molecule has 1 atom stereocenters. The fourth-order valence-electron chi connectivity index (χ4n) is 1.23. The van der Waals surface area contributed by atoms with E-state index in [1.54, 1.807) is 18.2 Å². The summed E-state index contributed by atoms with van der Waals surface area (Å²) in [5.74, 6) is 0.756. The van der Waals surface area contributed by atoms with Crippen molar-refractivity contribution in [1.82, 2.24) is 10.2 Å². The second-order valence-corrected chi connectivity index (χ2v) is 4.61. The number of aromatic nitrogens is 2. The van der Waals surface area contributed by atoms with E-state index in [4.69, 9.17) is 4.42 Å². The molecular formula is C11H13FN3OS+. The van der Waals surface area contributed by atoms with Crippen LogP contribution >= 0.6 is 11.8 Å². The number of halogens is 1. The largest absolute Gasteiger partial charge is 0.410 e. The fourth-order valence-corrected chi connectivity index (χ4v) is 1.99. The van der Waals surface area contributed by atoms with Gasteiger partial charge in [-0.05, 0) is 18.6 Å². The number of nitrogens with zero attached hydrogens (tertiary/aromatic N) is 2. The molecule has 90 valence electrons. The Labute approximate surface area is 102 Å². The molecule has 3 N–H and O–H groups in total. The van der Waals surface area contributed by atoms with E-state index in [1.165, 1.54) is 17.8 Å². The van der Waals surface area contributed by atoms with Crippen molar-refractivity contribution >= 4 is 11.8 Å². The molecule has 0 aliphatic rings. The van der Waals surface area contributed by atoms with Crippen LogP contribution < -0.4 is 5.73 Å². The molecule has 17 heavy (non-hydrogen) atoms. The number of hydrogen-bond acceptors (Lipinski definition) is 4. The van der Waals surface area contributed by atoms with E-state index in [0.29, 0.717) is 22.4 Å². The summed E-state index contributed by atoms with van der Waals surface area (Å²) in [6.45, 7) is 1.87. The molecule has 2 aromatic rings. The summed E-state index contributed by atoms with van der Waals surface area (Å²) in [6.07, 6.45) is 0. The van der Waals surface area contributed by atoms with Gasteiger partial charge in [0, 0.05) is 5.75 Å². The minimum atomic E-state index is -0.217. The normalized spacial score (nSPS) is 12.6. The van der Waals surface area contributed by atoms with E-state index in [1.807, 2.05) is 6.92 Å². The molecule has 0 bridgehead atoms. The predicted octanol–water partition coefficient (Wildman–Crippen LogP) is 1.80. The van der Waals surface area contributed by atoms with Crippen LogP contribution in [0.2, 0.25) is 0 Å². The summed E-state index contributed by atoms with van der Waals surface area (Å²) in [6, 6.07) is 6.61. The predicted molar refractivity (Wildman–Crippen MR) is 61.6 cm³/mol. The lowest BCUT2D eigenvalue weighted by molar-refractivity contribution is -0.425. The van der Waals surface area contributed by atoms with Gasteiger partial charge >= 0.3 is 0 Å². The van der Waals surface area contributed by atoms with Gasteiger partial charge in [-0.3, -0.25) is 0 Å². The van der Waals surface area contributed by atoms with Crippen molar-refractivity contribution in [2.45, 2.75) is 23.9 Å². The summed E-state index contributed by atoms with van der Waals surface area (Å²) >= 11 is 1.32. The van der Waals surface area contributed by atoms with Gasteiger partial charge < -0.3 is 10.2 Å². The van der Waals surface area contributed by atoms with Gasteiger partial charge in [0.1, 0.15) is 5.82 Å². The Bertz CT molecular complexity index is 501. The Morgan fingerprint density at radius 1 is 1.41 bits per heavy atom. The molecule has 1 aromatic heterocycles. The highest BCUT2D eigenvalue weighted by Crippen LogP contribution is 2.23. The first-order valence-corrected chi connectivity index (χ1v) is 6.18. The lowest BCUT2D eigenvalue weighted by atomic mass is 10.2. The van der Waals surface area contributed by atoms with E-state index >= 15 is 0 Å². The number of thioether (sulfide) groups is 1. The van der Waals surface area contributed by atoms with Crippen LogP contribution in [0.5, 0.6) is 0 Å². The molecule has 2 rings (SSSR count). The van der Waals surface area contributed by atoms with Crippen LogP contribution in [-0.4, -0.2) is 10.2 Å². The summed E-state index contributed by atoms with van der Waals surface area (Å²) in [4.78, 5) is 0. The zero-order valence-corrected chi connectivity index (χ0v) is 10.2. The fraction of sp³-hybridized carbons (Fsp3) is 0.273. The molecule has 0 fully saturated rings. The Morgan fingerprint density at radius 3 is 2.82 bits per heavy atom. The van der Waals surface area contributed by atoms with Crippen LogP contribution in [0, 0.1) is 5.82 Å². The maximum atomic E-state index is 13.3. The monoisotopic (exact) mass is 254 g/mol. The summed E-state index contributed by atoms with van der Waals surface area (Å²) in [5.41, 5.74) is 4.41. The topological polar surface area (TPSA) is 66.6 Å². The highest BCUT2D eigenvalue weighted by Gasteiger charge is 2.13. The van der Waals surface area contributed by atoms with Gasteiger partial charge in [-0.25, -0.2) is 4.39 Å². The first-order chi connectivity index (χ1) is 8.16. The Hall–Kier alpha value is -1.40. The first-order valence-electron chi connectivity index (χ1n) is 5.19. The second kappa shape index (κ2) is 5.29. The number of quaternary nitrogens is 1. The molecule has 0 aliphatic heterocycles. The van der Waals surface area contributed by atoms with Crippen molar-refractivity contribution in [3.05, 3.63) is 41.5 Å². The highest BCUT2D eigenvalue weighted by atomic mass is 32.2. The third-order valence-electron chi connectivity index (χ3n) is 2.15. The molecule has 0 amide bonds. The van der Waals surface area contributed by atoms with Gasteiger partial charge in [0.2, 0.25) is 0 Å². The molecule has 1 heterocycles. The van der Waals surface area contributed by atoms with Gasteiger partial charge in [-0.15, -0.1) is 10.2 Å². The third-order valence-corrected chi connectivity index (χ3v) is 3.02. The van der Waals surface area contributed by atoms with Crippen LogP contribution in [0.15, 0.2) is 33.9 Å². The molecule has 1 aromatic carbocycles. The Balaban J connectivity index is 2.00. The van der Waals surface area contributed by atoms with Crippen molar-refractivity contribution in [2.75, 3.05) is 0 Å². The van der Waals surface area contributed by atoms with Crippen molar-refractivity contribution in [2.24, 2.45) is 0 Å². The van der Waals surface area contributed by atoms with Gasteiger partial charge in [0.25, 0.3) is 11.1 Å². The lowest BCUT2D eigenvalue weighted by Crippen LogP contribution is -2.51. The van der Waals surface area contributed by atoms with Crippen LogP contribution in [0.3, 0.4) is 0 Å². The molecule has 0 unspecified atom stereocenters. The standard InChI is InChI=1S/C11H12FN3OS/c1-7(13)10-14-15-11(16-10)17-6-8-4-2-3-5-9(8)12/h2-5,7H,6,13H2,1H3/p+1/t7-/m0/s1. The summed E-state index contributed by atoms with van der Waals surface area (Å²) in [7, 11) is 0. The van der Waals surface area contributed by atoms with E-state index in [0.717, 1.165) is 0 Å². The van der Waals surface area contributed by atoms with E-state index in [9.17, 15) is 4.39 Å². The molecule has 0 aliphatic carbocycles. The van der Waals surface area contributed by atoms with Gasteiger partial charge in [-0.2, -0.15) is 0 Å². The Morgan fingerprint density at radius 2 is 2.18 bits per heavy atom. The molecular weight excluding hydrogens is 241 g/mol. The molecule has 0 saturated carbocycles. The third kappa shape index (κ3) is 3.04. The molecule has 4 nitrogen and oxygen atoms in total. The quantitative estimate of drug-likeness (QED) is 0.845. The second-order valence-electron chi connectivity index (χ2n) is 3.69. The molecule has 0 spiro atoms. The van der Waals surface area contributed by atoms with Crippen LogP contribution in [0.1, 0.15) is 24.4 Å². The number of rotatable bonds is 4. The van der Waals surface area contributed by atoms with E-state index in [2.05, 4.69) is 15.9 Å². The zero-order valence-electron chi connectivity index (χ0n) is 9.39.